The SMILES string of the molecule is C1=CCCC(c2ccc3c(c2)c2ccccc2n3C2=CC=C(c3c4ccccc4c(C4=CCC5C=CC=CC5=C4)c4ccccc34)C=CC2)=C1. The first-order valence-corrected chi connectivity index (χ1v) is 18.0. The Hall–Kier alpha value is -5.92. The van der Waals surface area contributed by atoms with Gasteiger partial charge in [-0.25, -0.2) is 0 Å². The first kappa shape index (κ1) is 29.0. The quantitative estimate of drug-likeness (QED) is 0.169. The summed E-state index contributed by atoms with van der Waals surface area (Å²) in [6, 6.07) is 34.0. The van der Waals surface area contributed by atoms with Gasteiger partial charge in [-0.15, -0.1) is 0 Å². The number of nitrogens with zero attached hydrogens (tertiary/aromatic N) is 1. The van der Waals surface area contributed by atoms with Crippen LogP contribution in [0.2, 0.25) is 0 Å². The molecule has 0 N–H and O–H groups in total. The summed E-state index contributed by atoms with van der Waals surface area (Å²) in [7, 11) is 0. The Kier molecular flexibility index (Phi) is 6.91. The molecule has 238 valence electrons. The second kappa shape index (κ2) is 11.9. The monoisotopic (exact) mass is 639 g/mol. The maximum absolute atomic E-state index is 2.48. The van der Waals surface area contributed by atoms with Crippen molar-refractivity contribution in [3.63, 3.8) is 0 Å². The van der Waals surface area contributed by atoms with Crippen molar-refractivity contribution in [2.45, 2.75) is 25.7 Å². The highest BCUT2D eigenvalue weighted by molar-refractivity contribution is 6.18. The van der Waals surface area contributed by atoms with Crippen LogP contribution in [0.15, 0.2) is 176 Å². The van der Waals surface area contributed by atoms with Gasteiger partial charge in [0.15, 0.2) is 0 Å². The van der Waals surface area contributed by atoms with E-state index in [-0.39, 0.29) is 0 Å². The molecule has 0 radical (unpaired) electrons. The van der Waals surface area contributed by atoms with Gasteiger partial charge in [-0.05, 0) is 104 Å². The van der Waals surface area contributed by atoms with Gasteiger partial charge in [0.1, 0.15) is 0 Å². The smallest absolute Gasteiger partial charge is 0.0538 e. The lowest BCUT2D eigenvalue weighted by molar-refractivity contribution is 0.783. The third-order valence-corrected chi connectivity index (χ3v) is 11.0. The Balaban J connectivity index is 1.14. The molecule has 0 saturated carbocycles. The highest BCUT2D eigenvalue weighted by Gasteiger charge is 2.22. The molecule has 1 aromatic heterocycles. The minimum Gasteiger partial charge on any atom is -0.313 e. The van der Waals surface area contributed by atoms with E-state index in [2.05, 4.69) is 175 Å². The zero-order valence-electron chi connectivity index (χ0n) is 28.0. The van der Waals surface area contributed by atoms with Crippen molar-refractivity contribution in [3.8, 4) is 0 Å². The zero-order chi connectivity index (χ0) is 33.0. The maximum Gasteiger partial charge on any atom is 0.0538 e. The Bertz CT molecular complexity index is 2630. The van der Waals surface area contributed by atoms with Crippen molar-refractivity contribution in [1.29, 1.82) is 0 Å². The van der Waals surface area contributed by atoms with E-state index in [1.807, 2.05) is 0 Å². The van der Waals surface area contributed by atoms with Crippen LogP contribution in [0.1, 0.15) is 42.4 Å². The predicted molar refractivity (Wildman–Crippen MR) is 216 cm³/mol. The number of benzene rings is 5. The van der Waals surface area contributed by atoms with E-state index in [4.69, 9.17) is 0 Å². The molecule has 1 nitrogen and oxygen atoms in total. The van der Waals surface area contributed by atoms with E-state index >= 15 is 0 Å². The molecule has 50 heavy (non-hydrogen) atoms. The summed E-state index contributed by atoms with van der Waals surface area (Å²) in [6.07, 6.45) is 34.1. The molecule has 10 rings (SSSR count). The summed E-state index contributed by atoms with van der Waals surface area (Å²) < 4.78 is 2.48. The van der Waals surface area contributed by atoms with Crippen LogP contribution in [0, 0.1) is 5.92 Å². The summed E-state index contributed by atoms with van der Waals surface area (Å²) in [5, 5.41) is 7.83. The number of aromatic nitrogens is 1. The normalized spacial score (nSPS) is 18.6. The molecular formula is C49H37N. The van der Waals surface area contributed by atoms with E-state index in [0.29, 0.717) is 5.92 Å². The van der Waals surface area contributed by atoms with Crippen LogP contribution in [0.4, 0.5) is 0 Å². The summed E-state index contributed by atoms with van der Waals surface area (Å²) in [6.45, 7) is 0. The average Bonchev–Trinajstić information content (AvgIpc) is 3.31. The third-order valence-electron chi connectivity index (χ3n) is 11.0. The second-order valence-electron chi connectivity index (χ2n) is 13.9. The number of fused-ring (bicyclic) bond motifs is 6. The molecule has 0 fully saturated rings. The van der Waals surface area contributed by atoms with Crippen molar-refractivity contribution in [2.75, 3.05) is 0 Å². The van der Waals surface area contributed by atoms with E-state index < -0.39 is 0 Å². The van der Waals surface area contributed by atoms with Gasteiger partial charge >= 0.3 is 0 Å². The Morgan fingerprint density at radius 2 is 1.30 bits per heavy atom. The fraction of sp³-hybridized carbons (Fsp3) is 0.102. The Morgan fingerprint density at radius 3 is 2.06 bits per heavy atom. The molecule has 5 aromatic carbocycles. The van der Waals surface area contributed by atoms with Crippen LogP contribution in [-0.2, 0) is 0 Å². The van der Waals surface area contributed by atoms with Gasteiger partial charge in [-0.2, -0.15) is 0 Å². The lowest BCUT2D eigenvalue weighted by Crippen LogP contribution is -2.06. The van der Waals surface area contributed by atoms with Crippen molar-refractivity contribution >= 4 is 65.8 Å². The second-order valence-corrected chi connectivity index (χ2v) is 13.9. The van der Waals surface area contributed by atoms with Crippen LogP contribution in [0.3, 0.4) is 0 Å². The minimum absolute atomic E-state index is 0.478. The molecule has 1 heterocycles. The van der Waals surface area contributed by atoms with Gasteiger partial charge in [0.2, 0.25) is 0 Å². The zero-order valence-corrected chi connectivity index (χ0v) is 28.0. The predicted octanol–water partition coefficient (Wildman–Crippen LogP) is 13.2. The molecule has 6 aromatic rings. The van der Waals surface area contributed by atoms with E-state index in [1.54, 1.807) is 0 Å². The number of rotatable bonds is 4. The van der Waals surface area contributed by atoms with E-state index in [9.17, 15) is 0 Å². The van der Waals surface area contributed by atoms with Gasteiger partial charge < -0.3 is 4.57 Å². The molecule has 0 saturated heterocycles. The van der Waals surface area contributed by atoms with E-state index in [0.717, 1.165) is 25.7 Å². The Morgan fingerprint density at radius 1 is 0.580 bits per heavy atom. The van der Waals surface area contributed by atoms with Crippen LogP contribution >= 0.6 is 0 Å². The summed E-state index contributed by atoms with van der Waals surface area (Å²) >= 11 is 0. The third kappa shape index (κ3) is 4.69. The van der Waals surface area contributed by atoms with Gasteiger partial charge in [0, 0.05) is 28.8 Å². The number of hydrogen-bond donors (Lipinski definition) is 0. The molecule has 1 unspecified atom stereocenters. The van der Waals surface area contributed by atoms with Crippen molar-refractivity contribution in [3.05, 3.63) is 192 Å². The highest BCUT2D eigenvalue weighted by atomic mass is 15.0. The topological polar surface area (TPSA) is 4.93 Å². The number of hydrogen-bond acceptors (Lipinski definition) is 0. The van der Waals surface area contributed by atoms with Gasteiger partial charge in [0.05, 0.1) is 11.0 Å². The fourth-order valence-electron chi connectivity index (χ4n) is 8.66. The van der Waals surface area contributed by atoms with Crippen LogP contribution in [0.5, 0.6) is 0 Å². The minimum atomic E-state index is 0.478. The average molecular weight is 640 g/mol. The van der Waals surface area contributed by atoms with Crippen molar-refractivity contribution < 1.29 is 0 Å². The molecule has 4 aliphatic carbocycles. The first-order valence-electron chi connectivity index (χ1n) is 18.0. The molecule has 0 amide bonds. The molecule has 1 heteroatoms. The maximum atomic E-state index is 2.48. The first-order chi connectivity index (χ1) is 24.8. The molecule has 0 bridgehead atoms. The van der Waals surface area contributed by atoms with Crippen molar-refractivity contribution in [1.82, 2.24) is 4.57 Å². The largest absolute Gasteiger partial charge is 0.313 e. The molecule has 1 atom stereocenters. The van der Waals surface area contributed by atoms with E-state index in [1.165, 1.54) is 88.0 Å². The van der Waals surface area contributed by atoms with Gasteiger partial charge in [0.25, 0.3) is 0 Å². The Labute approximate surface area is 293 Å². The van der Waals surface area contributed by atoms with Crippen LogP contribution < -0.4 is 0 Å². The lowest BCUT2D eigenvalue weighted by atomic mass is 9.80. The van der Waals surface area contributed by atoms with Crippen LogP contribution in [0.25, 0.3) is 65.8 Å². The molecule has 0 spiro atoms. The van der Waals surface area contributed by atoms with Crippen molar-refractivity contribution in [2.24, 2.45) is 5.92 Å². The van der Waals surface area contributed by atoms with Gasteiger partial charge in [-0.1, -0.05) is 146 Å². The summed E-state index contributed by atoms with van der Waals surface area (Å²) in [4.78, 5) is 0. The fourth-order valence-corrected chi connectivity index (χ4v) is 8.66. The molecule has 0 aliphatic heterocycles. The molecule has 4 aliphatic rings. The number of allylic oxidation sites excluding steroid dienone is 18. The highest BCUT2D eigenvalue weighted by Crippen LogP contribution is 2.44. The standard InChI is InChI=1S/C49H37N/c1-2-13-33(14-3-1)37-28-30-47-45(32-37)40-19-10-11-24-46(40)50(47)39-18-12-17-35(27-29-39)48-41-20-6-8-22-43(41)49(44-23-9-7-21-42(44)48)38-26-25-34-15-4-5-16-36(34)31-38/h1-2,4-13,15-17,19-24,26-32,34H,3,14,18,25H2. The summed E-state index contributed by atoms with van der Waals surface area (Å²) in [5.41, 5.74) is 13.2. The van der Waals surface area contributed by atoms with Crippen LogP contribution in [-0.4, -0.2) is 4.57 Å². The summed E-state index contributed by atoms with van der Waals surface area (Å²) in [5.74, 6) is 0.478. The number of para-hydroxylation sites is 1. The van der Waals surface area contributed by atoms with Gasteiger partial charge in [-0.3, -0.25) is 0 Å². The molecular weight excluding hydrogens is 603 g/mol. The lowest BCUT2D eigenvalue weighted by Gasteiger charge is -2.24.